The molecule has 8 nitrogen and oxygen atoms in total. The van der Waals surface area contributed by atoms with Crippen LogP contribution in [0.25, 0.3) is 0 Å². The number of hydrogen-bond acceptors (Lipinski definition) is 8. The molecule has 0 fully saturated rings. The van der Waals surface area contributed by atoms with Crippen molar-refractivity contribution in [1.29, 1.82) is 0 Å². The van der Waals surface area contributed by atoms with Crippen LogP contribution in [0.5, 0.6) is 23.0 Å². The zero-order chi connectivity index (χ0) is 21.3. The first-order valence-electron chi connectivity index (χ1n) is 9.26. The van der Waals surface area contributed by atoms with Crippen LogP contribution < -0.4 is 29.6 Å². The number of anilines is 1. The van der Waals surface area contributed by atoms with Crippen LogP contribution in [0, 0.1) is 0 Å². The van der Waals surface area contributed by atoms with E-state index in [2.05, 4.69) is 0 Å². The summed E-state index contributed by atoms with van der Waals surface area (Å²) in [5.74, 6) is 3.40. The number of rotatable bonds is 6. The van der Waals surface area contributed by atoms with E-state index >= 15 is 0 Å². The molecule has 0 amide bonds. The summed E-state index contributed by atoms with van der Waals surface area (Å²) in [6.45, 7) is 0. The van der Waals surface area contributed by atoms with E-state index in [1.165, 1.54) is 0 Å². The first kappa shape index (κ1) is 19.7. The van der Waals surface area contributed by atoms with E-state index in [9.17, 15) is 0 Å². The number of aliphatic imine (C=N–C) groups is 1. The first-order chi connectivity index (χ1) is 14.6. The van der Waals surface area contributed by atoms with Crippen molar-refractivity contribution in [1.82, 2.24) is 0 Å². The van der Waals surface area contributed by atoms with Gasteiger partial charge in [-0.2, -0.15) is 4.99 Å². The summed E-state index contributed by atoms with van der Waals surface area (Å²) < 4.78 is 27.3. The lowest BCUT2D eigenvalue weighted by Gasteiger charge is -2.35. The molecule has 0 spiro atoms. The molecule has 0 aliphatic carbocycles. The molecular weight excluding hydrogens is 386 g/mol. The summed E-state index contributed by atoms with van der Waals surface area (Å²) in [5, 5.41) is 0. The molecule has 30 heavy (non-hydrogen) atoms. The van der Waals surface area contributed by atoms with Gasteiger partial charge in [0.05, 0.1) is 46.0 Å². The SMILES string of the molecule is COc1ccc(C2=Nc3occc3C(N)N2c2cc(OC)c(OC)c(OC)c2)cc1. The highest BCUT2D eigenvalue weighted by molar-refractivity contribution is 6.12. The number of fused-ring (bicyclic) bond motifs is 1. The molecule has 3 aromatic rings. The number of nitrogens with zero attached hydrogens (tertiary/aromatic N) is 2. The van der Waals surface area contributed by atoms with E-state index < -0.39 is 6.17 Å². The Morgan fingerprint density at radius 2 is 1.57 bits per heavy atom. The molecule has 0 saturated carbocycles. The Kier molecular flexibility index (Phi) is 5.24. The summed E-state index contributed by atoms with van der Waals surface area (Å²) in [7, 11) is 6.34. The van der Waals surface area contributed by atoms with Crippen LogP contribution in [0.2, 0.25) is 0 Å². The molecule has 1 aromatic heterocycles. The van der Waals surface area contributed by atoms with Crippen molar-refractivity contribution in [2.24, 2.45) is 10.7 Å². The fourth-order valence-corrected chi connectivity index (χ4v) is 3.48. The van der Waals surface area contributed by atoms with Gasteiger partial charge in [0.2, 0.25) is 11.6 Å². The Bertz CT molecular complexity index is 1050. The van der Waals surface area contributed by atoms with Crippen LogP contribution in [0.3, 0.4) is 0 Å². The predicted molar refractivity (Wildman–Crippen MR) is 113 cm³/mol. The lowest BCUT2D eigenvalue weighted by Crippen LogP contribution is -2.42. The van der Waals surface area contributed by atoms with E-state index in [0.29, 0.717) is 29.0 Å². The Labute approximate surface area is 174 Å². The zero-order valence-corrected chi connectivity index (χ0v) is 17.2. The molecule has 0 saturated heterocycles. The number of hydrogen-bond donors (Lipinski definition) is 1. The molecule has 2 heterocycles. The Morgan fingerprint density at radius 1 is 0.900 bits per heavy atom. The van der Waals surface area contributed by atoms with E-state index in [4.69, 9.17) is 34.1 Å². The van der Waals surface area contributed by atoms with Gasteiger partial charge >= 0.3 is 0 Å². The highest BCUT2D eigenvalue weighted by Crippen LogP contribution is 2.44. The molecule has 1 aliphatic rings. The van der Waals surface area contributed by atoms with Crippen molar-refractivity contribution in [3.63, 3.8) is 0 Å². The summed E-state index contributed by atoms with van der Waals surface area (Å²) >= 11 is 0. The summed E-state index contributed by atoms with van der Waals surface area (Å²) in [5.41, 5.74) is 9.01. The molecule has 4 rings (SSSR count). The molecule has 1 unspecified atom stereocenters. The average molecular weight is 409 g/mol. The molecule has 0 radical (unpaired) electrons. The third kappa shape index (κ3) is 3.21. The van der Waals surface area contributed by atoms with Gasteiger partial charge in [0.15, 0.2) is 11.5 Å². The van der Waals surface area contributed by atoms with E-state index in [-0.39, 0.29) is 0 Å². The quantitative estimate of drug-likeness (QED) is 0.661. The standard InChI is InChI=1S/C22H23N3O5/c1-26-15-7-5-13(6-8-15)21-24-22-16(9-10-30-22)20(23)25(21)14-11-17(27-2)19(29-4)18(12-14)28-3/h5-12,20H,23H2,1-4H3. The molecule has 1 aliphatic heterocycles. The number of ether oxygens (including phenoxy) is 4. The number of furan rings is 1. The van der Waals surface area contributed by atoms with Gasteiger partial charge in [0.1, 0.15) is 17.8 Å². The maximum Gasteiger partial charge on any atom is 0.227 e. The van der Waals surface area contributed by atoms with Crippen LogP contribution in [0.1, 0.15) is 17.3 Å². The van der Waals surface area contributed by atoms with Crippen LogP contribution in [-0.4, -0.2) is 34.3 Å². The number of amidine groups is 1. The van der Waals surface area contributed by atoms with Gasteiger partial charge in [-0.05, 0) is 30.3 Å². The monoisotopic (exact) mass is 409 g/mol. The van der Waals surface area contributed by atoms with Crippen LogP contribution in [0.4, 0.5) is 11.6 Å². The third-order valence-electron chi connectivity index (χ3n) is 4.98. The highest BCUT2D eigenvalue weighted by Gasteiger charge is 2.32. The highest BCUT2D eigenvalue weighted by atomic mass is 16.5. The molecule has 8 heteroatoms. The van der Waals surface area contributed by atoms with Gasteiger partial charge in [0, 0.05) is 17.7 Å². The number of methoxy groups -OCH3 is 4. The predicted octanol–water partition coefficient (Wildman–Crippen LogP) is 3.87. The summed E-state index contributed by atoms with van der Waals surface area (Å²) in [6.07, 6.45) is 1.05. The van der Waals surface area contributed by atoms with Gasteiger partial charge in [-0.25, -0.2) is 0 Å². The maximum absolute atomic E-state index is 6.65. The lowest BCUT2D eigenvalue weighted by molar-refractivity contribution is 0.324. The van der Waals surface area contributed by atoms with Crippen LogP contribution in [0.15, 0.2) is 58.1 Å². The zero-order valence-electron chi connectivity index (χ0n) is 17.2. The van der Waals surface area contributed by atoms with Crippen molar-refractivity contribution in [3.8, 4) is 23.0 Å². The molecular formula is C22H23N3O5. The minimum atomic E-state index is -0.531. The normalized spacial score (nSPS) is 15.3. The lowest BCUT2D eigenvalue weighted by atomic mass is 10.1. The molecule has 1 atom stereocenters. The van der Waals surface area contributed by atoms with Crippen molar-refractivity contribution >= 4 is 17.4 Å². The smallest absolute Gasteiger partial charge is 0.227 e. The second kappa shape index (κ2) is 8.00. The summed E-state index contributed by atoms with van der Waals surface area (Å²) in [6, 6.07) is 13.1. The third-order valence-corrected chi connectivity index (χ3v) is 4.98. The van der Waals surface area contributed by atoms with E-state index in [1.807, 2.05) is 47.4 Å². The Morgan fingerprint density at radius 3 is 2.13 bits per heavy atom. The van der Waals surface area contributed by atoms with E-state index in [0.717, 1.165) is 22.6 Å². The van der Waals surface area contributed by atoms with Gasteiger partial charge in [-0.15, -0.1) is 0 Å². The molecule has 156 valence electrons. The van der Waals surface area contributed by atoms with Crippen molar-refractivity contribution in [2.45, 2.75) is 6.17 Å². The van der Waals surface area contributed by atoms with Crippen molar-refractivity contribution in [3.05, 3.63) is 59.9 Å². The maximum atomic E-state index is 6.65. The van der Waals surface area contributed by atoms with Crippen LogP contribution >= 0.6 is 0 Å². The van der Waals surface area contributed by atoms with Crippen molar-refractivity contribution < 1.29 is 23.4 Å². The molecule has 2 aromatic carbocycles. The Hall–Kier alpha value is -3.65. The minimum Gasteiger partial charge on any atom is -0.497 e. The second-order valence-corrected chi connectivity index (χ2v) is 6.54. The van der Waals surface area contributed by atoms with Crippen LogP contribution in [-0.2, 0) is 0 Å². The topological polar surface area (TPSA) is 91.7 Å². The fourth-order valence-electron chi connectivity index (χ4n) is 3.48. The van der Waals surface area contributed by atoms with Gasteiger partial charge in [0.25, 0.3) is 0 Å². The van der Waals surface area contributed by atoms with Gasteiger partial charge in [-0.3, -0.25) is 0 Å². The van der Waals surface area contributed by atoms with E-state index in [1.54, 1.807) is 34.7 Å². The molecule has 2 N–H and O–H groups in total. The average Bonchev–Trinajstić information content (AvgIpc) is 3.27. The number of benzene rings is 2. The second-order valence-electron chi connectivity index (χ2n) is 6.54. The number of nitrogens with two attached hydrogens (primary N) is 1. The summed E-state index contributed by atoms with van der Waals surface area (Å²) in [4.78, 5) is 6.64. The largest absolute Gasteiger partial charge is 0.497 e. The Balaban J connectivity index is 1.89. The minimum absolute atomic E-state index is 0.483. The van der Waals surface area contributed by atoms with Gasteiger partial charge < -0.3 is 34.0 Å². The fraction of sp³-hybridized carbons (Fsp3) is 0.227. The van der Waals surface area contributed by atoms with Gasteiger partial charge in [-0.1, -0.05) is 0 Å². The van der Waals surface area contributed by atoms with Crippen molar-refractivity contribution in [2.75, 3.05) is 33.3 Å². The molecule has 0 bridgehead atoms. The first-order valence-corrected chi connectivity index (χ1v) is 9.26.